The normalized spacial score (nSPS) is 45.2. The fourth-order valence-corrected chi connectivity index (χ4v) is 3.07. The zero-order valence-electron chi connectivity index (χ0n) is 9.38. The van der Waals surface area contributed by atoms with Crippen LogP contribution in [0.2, 0.25) is 0 Å². The fourth-order valence-electron chi connectivity index (χ4n) is 3.07. The van der Waals surface area contributed by atoms with E-state index in [1.165, 1.54) is 19.3 Å². The molecule has 2 aliphatic rings. The Hall–Kier alpha value is -0.0800. The molecule has 2 heteroatoms. The third-order valence-corrected chi connectivity index (χ3v) is 4.16. The minimum Gasteiger partial charge on any atom is -0.387 e. The number of hydrogen-bond acceptors (Lipinski definition) is 2. The minimum absolute atomic E-state index is 0.128. The van der Waals surface area contributed by atoms with Gasteiger partial charge in [-0.1, -0.05) is 33.1 Å². The maximum atomic E-state index is 10.4. The standard InChI is InChI=1S/C12H22O2/c1-3-5-6-8-12-10(14-12)7-9-11(12,13)4-2/h10,13H,3-9H2,1-2H3/t10-,11+,12-/m1/s1. The number of aliphatic hydroxyl groups is 1. The molecule has 0 aromatic rings. The van der Waals surface area contributed by atoms with E-state index in [-0.39, 0.29) is 5.60 Å². The van der Waals surface area contributed by atoms with Crippen molar-refractivity contribution in [2.75, 3.05) is 0 Å². The number of rotatable bonds is 5. The van der Waals surface area contributed by atoms with Gasteiger partial charge in [-0.15, -0.1) is 0 Å². The first-order valence-corrected chi connectivity index (χ1v) is 6.09. The number of unbranched alkanes of at least 4 members (excludes halogenated alkanes) is 2. The molecule has 14 heavy (non-hydrogen) atoms. The number of ether oxygens (including phenoxy) is 1. The van der Waals surface area contributed by atoms with Crippen molar-refractivity contribution in [2.45, 2.75) is 76.1 Å². The van der Waals surface area contributed by atoms with Gasteiger partial charge in [0.15, 0.2) is 0 Å². The molecule has 0 spiro atoms. The highest BCUT2D eigenvalue weighted by Crippen LogP contribution is 2.59. The summed E-state index contributed by atoms with van der Waals surface area (Å²) in [7, 11) is 0. The van der Waals surface area contributed by atoms with Gasteiger partial charge in [0.05, 0.1) is 11.7 Å². The van der Waals surface area contributed by atoms with Gasteiger partial charge in [-0.05, 0) is 25.7 Å². The Morgan fingerprint density at radius 3 is 2.71 bits per heavy atom. The Morgan fingerprint density at radius 2 is 2.14 bits per heavy atom. The highest BCUT2D eigenvalue weighted by Gasteiger charge is 2.71. The average molecular weight is 198 g/mol. The molecule has 1 N–H and O–H groups in total. The van der Waals surface area contributed by atoms with E-state index < -0.39 is 5.60 Å². The molecule has 0 bridgehead atoms. The van der Waals surface area contributed by atoms with Gasteiger partial charge in [-0.25, -0.2) is 0 Å². The summed E-state index contributed by atoms with van der Waals surface area (Å²) in [4.78, 5) is 0. The zero-order chi connectivity index (χ0) is 10.2. The predicted molar refractivity (Wildman–Crippen MR) is 56.2 cm³/mol. The molecular weight excluding hydrogens is 176 g/mol. The molecule has 0 aromatic carbocycles. The van der Waals surface area contributed by atoms with Gasteiger partial charge in [-0.2, -0.15) is 0 Å². The molecule has 1 heterocycles. The van der Waals surface area contributed by atoms with Crippen LogP contribution in [-0.4, -0.2) is 22.4 Å². The molecule has 3 atom stereocenters. The highest BCUT2D eigenvalue weighted by atomic mass is 16.6. The second-order valence-corrected chi connectivity index (χ2v) is 4.88. The molecule has 2 fully saturated rings. The van der Waals surface area contributed by atoms with Gasteiger partial charge in [0.2, 0.25) is 0 Å². The summed E-state index contributed by atoms with van der Waals surface area (Å²) in [6, 6.07) is 0. The lowest BCUT2D eigenvalue weighted by atomic mass is 9.83. The summed E-state index contributed by atoms with van der Waals surface area (Å²) in [6.45, 7) is 4.29. The van der Waals surface area contributed by atoms with E-state index in [0.717, 1.165) is 25.7 Å². The first-order valence-electron chi connectivity index (χ1n) is 6.09. The predicted octanol–water partition coefficient (Wildman–Crippen LogP) is 2.64. The van der Waals surface area contributed by atoms with Gasteiger partial charge in [0.1, 0.15) is 5.60 Å². The Balaban J connectivity index is 1.95. The van der Waals surface area contributed by atoms with Crippen molar-refractivity contribution in [3.8, 4) is 0 Å². The van der Waals surface area contributed by atoms with Gasteiger partial charge >= 0.3 is 0 Å². The van der Waals surface area contributed by atoms with Crippen molar-refractivity contribution in [3.63, 3.8) is 0 Å². The lowest BCUT2D eigenvalue weighted by molar-refractivity contribution is -0.0493. The van der Waals surface area contributed by atoms with Crippen molar-refractivity contribution in [1.29, 1.82) is 0 Å². The summed E-state index contributed by atoms with van der Waals surface area (Å²) >= 11 is 0. The topological polar surface area (TPSA) is 32.8 Å². The van der Waals surface area contributed by atoms with Crippen molar-refractivity contribution in [3.05, 3.63) is 0 Å². The SMILES string of the molecule is CCCCC[C@@]12O[C@@H]1CC[C@@]2(O)CC. The fraction of sp³-hybridized carbons (Fsp3) is 1.00. The van der Waals surface area contributed by atoms with Gasteiger partial charge in [-0.3, -0.25) is 0 Å². The lowest BCUT2D eigenvalue weighted by Gasteiger charge is -2.30. The van der Waals surface area contributed by atoms with E-state index >= 15 is 0 Å². The second kappa shape index (κ2) is 3.49. The quantitative estimate of drug-likeness (QED) is 0.544. The van der Waals surface area contributed by atoms with Gasteiger partial charge in [0, 0.05) is 0 Å². The number of epoxide rings is 1. The smallest absolute Gasteiger partial charge is 0.123 e. The summed E-state index contributed by atoms with van der Waals surface area (Å²) in [5.41, 5.74) is -0.637. The van der Waals surface area contributed by atoms with E-state index in [2.05, 4.69) is 13.8 Å². The summed E-state index contributed by atoms with van der Waals surface area (Å²) < 4.78 is 5.74. The molecule has 2 nitrogen and oxygen atoms in total. The van der Waals surface area contributed by atoms with Crippen LogP contribution < -0.4 is 0 Å². The zero-order valence-corrected chi connectivity index (χ0v) is 9.38. The monoisotopic (exact) mass is 198 g/mol. The summed E-state index contributed by atoms with van der Waals surface area (Å²) in [5.74, 6) is 0. The van der Waals surface area contributed by atoms with E-state index in [9.17, 15) is 5.11 Å². The van der Waals surface area contributed by atoms with Crippen molar-refractivity contribution in [1.82, 2.24) is 0 Å². The molecule has 1 aliphatic heterocycles. The third kappa shape index (κ3) is 1.31. The third-order valence-electron chi connectivity index (χ3n) is 4.16. The molecule has 82 valence electrons. The van der Waals surface area contributed by atoms with Gasteiger partial charge in [0.25, 0.3) is 0 Å². The second-order valence-electron chi connectivity index (χ2n) is 4.88. The van der Waals surface area contributed by atoms with Crippen molar-refractivity contribution in [2.24, 2.45) is 0 Å². The molecule has 0 unspecified atom stereocenters. The maximum absolute atomic E-state index is 10.4. The number of hydrogen-bond donors (Lipinski definition) is 1. The average Bonchev–Trinajstić information content (AvgIpc) is 2.84. The summed E-state index contributed by atoms with van der Waals surface area (Å²) in [5, 5.41) is 10.4. The molecule has 1 aliphatic carbocycles. The molecular formula is C12H22O2. The van der Waals surface area contributed by atoms with Crippen molar-refractivity contribution < 1.29 is 9.84 Å². The van der Waals surface area contributed by atoms with Crippen LogP contribution in [0.4, 0.5) is 0 Å². The minimum atomic E-state index is -0.509. The van der Waals surface area contributed by atoms with Crippen LogP contribution >= 0.6 is 0 Å². The molecule has 0 radical (unpaired) electrons. The largest absolute Gasteiger partial charge is 0.387 e. The highest BCUT2D eigenvalue weighted by molar-refractivity contribution is 5.20. The van der Waals surface area contributed by atoms with Crippen LogP contribution in [-0.2, 0) is 4.74 Å². The number of fused-ring (bicyclic) bond motifs is 1. The Bertz CT molecular complexity index is 216. The Morgan fingerprint density at radius 1 is 1.36 bits per heavy atom. The molecule has 1 saturated carbocycles. The Labute approximate surface area is 86.6 Å². The van der Waals surface area contributed by atoms with Crippen LogP contribution in [0.25, 0.3) is 0 Å². The van der Waals surface area contributed by atoms with E-state index in [1.54, 1.807) is 0 Å². The van der Waals surface area contributed by atoms with Crippen LogP contribution in [0, 0.1) is 0 Å². The van der Waals surface area contributed by atoms with E-state index in [1.807, 2.05) is 0 Å². The first kappa shape index (κ1) is 10.4. The van der Waals surface area contributed by atoms with Crippen LogP contribution in [0.1, 0.15) is 58.8 Å². The molecule has 1 saturated heterocycles. The maximum Gasteiger partial charge on any atom is 0.123 e. The molecule has 0 aromatic heterocycles. The molecule has 2 rings (SSSR count). The lowest BCUT2D eigenvalue weighted by Crippen LogP contribution is -2.42. The van der Waals surface area contributed by atoms with E-state index in [4.69, 9.17) is 4.74 Å². The molecule has 0 amide bonds. The summed E-state index contributed by atoms with van der Waals surface area (Å²) in [6.07, 6.45) is 8.00. The van der Waals surface area contributed by atoms with Gasteiger partial charge < -0.3 is 9.84 Å². The van der Waals surface area contributed by atoms with Crippen LogP contribution in [0.5, 0.6) is 0 Å². The first-order chi connectivity index (χ1) is 6.68. The van der Waals surface area contributed by atoms with Crippen LogP contribution in [0.15, 0.2) is 0 Å². The van der Waals surface area contributed by atoms with E-state index in [0.29, 0.717) is 6.10 Å². The van der Waals surface area contributed by atoms with Crippen molar-refractivity contribution >= 4 is 0 Å². The van der Waals surface area contributed by atoms with Crippen LogP contribution in [0.3, 0.4) is 0 Å². The Kier molecular flexibility index (Phi) is 2.61.